The molecule has 4 nitrogen and oxygen atoms in total. The fraction of sp³-hybridized carbons (Fsp3) is 0.200. The summed E-state index contributed by atoms with van der Waals surface area (Å²) in [5.41, 5.74) is 7.20. The van der Waals surface area contributed by atoms with E-state index in [-0.39, 0.29) is 0 Å². The maximum absolute atomic E-state index is 10.9. The van der Waals surface area contributed by atoms with Gasteiger partial charge >= 0.3 is 5.91 Å². The lowest BCUT2D eigenvalue weighted by Gasteiger charge is -2.21. The predicted octanol–water partition coefficient (Wildman–Crippen LogP) is 5.50. The van der Waals surface area contributed by atoms with Gasteiger partial charge < -0.3 is 0 Å². The first-order valence-corrected chi connectivity index (χ1v) is 10.7. The lowest BCUT2D eigenvalue weighted by Crippen LogP contribution is -2.07. The van der Waals surface area contributed by atoms with Crippen molar-refractivity contribution in [3.05, 3.63) is 88.1 Å². The Labute approximate surface area is 178 Å². The molecule has 1 fully saturated rings. The van der Waals surface area contributed by atoms with Crippen LogP contribution in [0.5, 0.6) is 0 Å². The van der Waals surface area contributed by atoms with Crippen molar-refractivity contribution in [3.8, 4) is 11.1 Å². The number of carbonyl (C=O) groups is 1. The molecule has 2 aliphatic rings. The molecule has 0 aliphatic heterocycles. The molecule has 0 radical (unpaired) electrons. The number of nitroso groups, excluding NO2 is 1. The minimum absolute atomic E-state index is 0.528. The van der Waals surface area contributed by atoms with Gasteiger partial charge in [0.15, 0.2) is 0 Å². The second-order valence-electron chi connectivity index (χ2n) is 7.52. The van der Waals surface area contributed by atoms with E-state index in [1.165, 1.54) is 52.6 Å². The number of hydrogen-bond donors (Lipinski definition) is 0. The molecule has 30 heavy (non-hydrogen) atoms. The van der Waals surface area contributed by atoms with Crippen LogP contribution < -0.4 is 5.30 Å². The van der Waals surface area contributed by atoms with E-state index in [1.807, 2.05) is 12.2 Å². The summed E-state index contributed by atoms with van der Waals surface area (Å²) in [5.74, 6) is -0.258. The Morgan fingerprint density at radius 2 is 1.87 bits per heavy atom. The molecule has 1 heterocycles. The van der Waals surface area contributed by atoms with Crippen molar-refractivity contribution in [1.29, 1.82) is 0 Å². The summed E-state index contributed by atoms with van der Waals surface area (Å²) in [4.78, 5) is 26.1. The van der Waals surface area contributed by atoms with Crippen molar-refractivity contribution in [2.75, 3.05) is 0 Å². The minimum Gasteiger partial charge on any atom is -0.264 e. The topological polar surface area (TPSA) is 59.4 Å². The standard InChI is InChI=1S/C25H23N2O2P/c28-23(27-29)10-4-2-1-3-8-21-24(17-13-15-19(30)16-14-17)20-7-5-6-9-22(20)26-25(21)18-11-12-18/h1-5,7-8,10,13-16,18H,6,9,11-12,30H2/b2-1+,8-3+,10-4+. The quantitative estimate of drug-likeness (QED) is 0.271. The minimum atomic E-state index is -0.787. The van der Waals surface area contributed by atoms with Gasteiger partial charge in [-0.25, -0.2) is 0 Å². The molecule has 1 aromatic heterocycles. The van der Waals surface area contributed by atoms with Gasteiger partial charge in [0.1, 0.15) is 0 Å². The molecule has 1 saturated carbocycles. The van der Waals surface area contributed by atoms with Crippen molar-refractivity contribution in [2.45, 2.75) is 31.6 Å². The molecule has 1 atom stereocenters. The summed E-state index contributed by atoms with van der Waals surface area (Å²) in [6, 6.07) is 8.58. The zero-order chi connectivity index (χ0) is 20.9. The molecule has 0 saturated heterocycles. The van der Waals surface area contributed by atoms with E-state index in [9.17, 15) is 9.70 Å². The van der Waals surface area contributed by atoms with Crippen LogP contribution in [-0.4, -0.2) is 10.9 Å². The average Bonchev–Trinajstić information content (AvgIpc) is 3.61. The highest BCUT2D eigenvalue weighted by atomic mass is 31.0. The number of nitrogens with zero attached hydrogens (tertiary/aromatic N) is 2. The maximum Gasteiger partial charge on any atom is 0.309 e. The Bertz CT molecular complexity index is 1090. The Morgan fingerprint density at radius 1 is 1.10 bits per heavy atom. The van der Waals surface area contributed by atoms with Crippen molar-refractivity contribution in [3.63, 3.8) is 0 Å². The fourth-order valence-electron chi connectivity index (χ4n) is 3.72. The third kappa shape index (κ3) is 4.60. The number of benzene rings is 1. The van der Waals surface area contributed by atoms with E-state index >= 15 is 0 Å². The number of hydrogen-bond acceptors (Lipinski definition) is 3. The van der Waals surface area contributed by atoms with E-state index in [2.05, 4.69) is 56.9 Å². The van der Waals surface area contributed by atoms with Crippen LogP contribution >= 0.6 is 9.24 Å². The van der Waals surface area contributed by atoms with Crippen LogP contribution in [0.25, 0.3) is 23.3 Å². The van der Waals surface area contributed by atoms with Crippen LogP contribution in [0.1, 0.15) is 47.7 Å². The number of carbonyl (C=O) groups excluding carboxylic acids is 1. The molecule has 1 aromatic carbocycles. The molecule has 2 aromatic rings. The van der Waals surface area contributed by atoms with E-state index in [0.717, 1.165) is 24.2 Å². The SMILES string of the molecule is O=NC(=O)/C=C/C=C/C=C/c1c(C2CC2)nc2c(c1-c1ccc(P)cc1)C=CCC2. The van der Waals surface area contributed by atoms with Crippen LogP contribution in [0.15, 0.2) is 65.9 Å². The van der Waals surface area contributed by atoms with Crippen LogP contribution in [-0.2, 0) is 11.2 Å². The van der Waals surface area contributed by atoms with Gasteiger partial charge in [-0.3, -0.25) is 9.78 Å². The van der Waals surface area contributed by atoms with Crippen LogP contribution in [0.4, 0.5) is 0 Å². The number of amides is 1. The second-order valence-corrected chi connectivity index (χ2v) is 8.18. The van der Waals surface area contributed by atoms with Crippen LogP contribution in [0.3, 0.4) is 0 Å². The van der Waals surface area contributed by atoms with Gasteiger partial charge in [-0.15, -0.1) is 14.1 Å². The fourth-order valence-corrected chi connectivity index (χ4v) is 3.91. The zero-order valence-electron chi connectivity index (χ0n) is 16.6. The van der Waals surface area contributed by atoms with Crippen molar-refractivity contribution in [2.24, 2.45) is 5.18 Å². The molecule has 0 spiro atoms. The third-order valence-corrected chi connectivity index (χ3v) is 5.69. The number of pyridine rings is 1. The number of fused-ring (bicyclic) bond motifs is 1. The Hall–Kier alpha value is -2.97. The summed E-state index contributed by atoms with van der Waals surface area (Å²) in [7, 11) is 2.74. The summed E-state index contributed by atoms with van der Waals surface area (Å²) in [6.07, 6.45) is 19.1. The van der Waals surface area contributed by atoms with Crippen LogP contribution in [0, 0.1) is 4.91 Å². The van der Waals surface area contributed by atoms with Gasteiger partial charge in [0.05, 0.1) is 5.69 Å². The van der Waals surface area contributed by atoms with Gasteiger partial charge in [-0.1, -0.05) is 66.8 Å². The normalized spacial score (nSPS) is 15.9. The number of rotatable bonds is 6. The molecular weight excluding hydrogens is 391 g/mol. The Morgan fingerprint density at radius 3 is 2.60 bits per heavy atom. The van der Waals surface area contributed by atoms with E-state index in [1.54, 1.807) is 6.08 Å². The average molecular weight is 414 g/mol. The second kappa shape index (κ2) is 9.23. The zero-order valence-corrected chi connectivity index (χ0v) is 17.8. The van der Waals surface area contributed by atoms with E-state index in [0.29, 0.717) is 5.92 Å². The van der Waals surface area contributed by atoms with Crippen molar-refractivity contribution < 1.29 is 4.79 Å². The largest absolute Gasteiger partial charge is 0.309 e. The van der Waals surface area contributed by atoms with Crippen LogP contribution in [0.2, 0.25) is 0 Å². The van der Waals surface area contributed by atoms with Gasteiger partial charge in [-0.05, 0) is 42.1 Å². The summed E-state index contributed by atoms with van der Waals surface area (Å²) in [5, 5.41) is 3.50. The molecule has 1 unspecified atom stereocenters. The Kier molecular flexibility index (Phi) is 6.25. The monoisotopic (exact) mass is 414 g/mol. The molecule has 5 heteroatoms. The van der Waals surface area contributed by atoms with Crippen molar-refractivity contribution in [1.82, 2.24) is 4.98 Å². The third-order valence-electron chi connectivity index (χ3n) is 5.30. The Balaban J connectivity index is 1.78. The highest BCUT2D eigenvalue weighted by Gasteiger charge is 2.30. The highest BCUT2D eigenvalue weighted by molar-refractivity contribution is 7.27. The van der Waals surface area contributed by atoms with Gasteiger partial charge in [0, 0.05) is 34.0 Å². The first-order valence-electron chi connectivity index (χ1n) is 10.2. The molecule has 1 amide bonds. The summed E-state index contributed by atoms with van der Waals surface area (Å²) >= 11 is 0. The lowest BCUT2D eigenvalue weighted by atomic mass is 9.87. The first kappa shape index (κ1) is 20.3. The van der Waals surface area contributed by atoms with Crippen molar-refractivity contribution >= 4 is 32.6 Å². The maximum atomic E-state index is 10.9. The number of aromatic nitrogens is 1. The molecule has 4 rings (SSSR count). The molecule has 150 valence electrons. The lowest BCUT2D eigenvalue weighted by molar-refractivity contribution is -0.113. The molecular formula is C25H23N2O2P. The van der Waals surface area contributed by atoms with Gasteiger partial charge in [0.25, 0.3) is 0 Å². The summed E-state index contributed by atoms with van der Waals surface area (Å²) in [6.45, 7) is 0. The van der Waals surface area contributed by atoms with E-state index < -0.39 is 5.91 Å². The number of allylic oxidation sites excluding steroid dienone is 5. The smallest absolute Gasteiger partial charge is 0.264 e. The predicted molar refractivity (Wildman–Crippen MR) is 126 cm³/mol. The van der Waals surface area contributed by atoms with E-state index in [4.69, 9.17) is 4.98 Å². The molecule has 0 N–H and O–H groups in total. The number of aryl methyl sites for hydroxylation is 1. The van der Waals surface area contributed by atoms with Gasteiger partial charge in [-0.2, -0.15) is 0 Å². The summed E-state index contributed by atoms with van der Waals surface area (Å²) < 4.78 is 0. The first-order chi connectivity index (χ1) is 14.7. The highest BCUT2D eigenvalue weighted by Crippen LogP contribution is 2.45. The molecule has 2 aliphatic carbocycles. The molecule has 0 bridgehead atoms. The van der Waals surface area contributed by atoms with Gasteiger partial charge in [0.2, 0.25) is 0 Å².